The normalized spacial score (nSPS) is 15.3. The molecule has 144 valence electrons. The van der Waals surface area contributed by atoms with E-state index in [4.69, 9.17) is 0 Å². The average Bonchev–Trinajstić information content (AvgIpc) is 2.67. The van der Waals surface area contributed by atoms with E-state index >= 15 is 0 Å². The molecule has 5 nitrogen and oxygen atoms in total. The van der Waals surface area contributed by atoms with Crippen LogP contribution in [0.2, 0.25) is 0 Å². The standard InChI is InChI=1S/C21H26N2O3S/c1-16-10-12-20(13-11-16)27(25,26)23-19-9-5-8-18(14-19)21(24)22-15-17-6-3-2-4-7-17/h5,8-14,17,23H,2-4,6-7,15H2,1H3,(H,22,24). The summed E-state index contributed by atoms with van der Waals surface area (Å²) in [5.74, 6) is 0.378. The van der Waals surface area contributed by atoms with E-state index in [1.807, 2.05) is 6.92 Å². The lowest BCUT2D eigenvalue weighted by atomic mass is 9.89. The molecule has 1 amide bonds. The number of carbonyl (C=O) groups is 1. The molecule has 0 aliphatic heterocycles. The van der Waals surface area contributed by atoms with Gasteiger partial charge in [0.05, 0.1) is 4.90 Å². The van der Waals surface area contributed by atoms with Gasteiger partial charge in [0, 0.05) is 17.8 Å². The Balaban J connectivity index is 1.65. The minimum atomic E-state index is -3.68. The van der Waals surface area contributed by atoms with Crippen LogP contribution in [0.15, 0.2) is 53.4 Å². The summed E-state index contributed by atoms with van der Waals surface area (Å²) < 4.78 is 27.6. The maximum Gasteiger partial charge on any atom is 0.261 e. The van der Waals surface area contributed by atoms with Crippen LogP contribution in [0.1, 0.15) is 48.0 Å². The highest BCUT2D eigenvalue weighted by Crippen LogP contribution is 2.23. The molecule has 0 radical (unpaired) electrons. The van der Waals surface area contributed by atoms with Crippen molar-refractivity contribution in [3.63, 3.8) is 0 Å². The van der Waals surface area contributed by atoms with E-state index in [2.05, 4.69) is 10.0 Å². The van der Waals surface area contributed by atoms with Gasteiger partial charge in [-0.1, -0.05) is 43.0 Å². The fraction of sp³-hybridized carbons (Fsp3) is 0.381. The second-order valence-electron chi connectivity index (χ2n) is 7.21. The molecule has 2 aromatic rings. The summed E-state index contributed by atoms with van der Waals surface area (Å²) in [4.78, 5) is 12.6. The third-order valence-electron chi connectivity index (χ3n) is 4.98. The predicted octanol–water partition coefficient (Wildman–Crippen LogP) is 4.11. The van der Waals surface area contributed by atoms with Crippen LogP contribution in [0.4, 0.5) is 5.69 Å². The summed E-state index contributed by atoms with van der Waals surface area (Å²) in [6.07, 6.45) is 6.08. The number of nitrogens with one attached hydrogen (secondary N) is 2. The maximum absolute atomic E-state index is 12.5. The molecule has 27 heavy (non-hydrogen) atoms. The first kappa shape index (κ1) is 19.4. The van der Waals surface area contributed by atoms with Crippen molar-refractivity contribution in [2.24, 2.45) is 5.92 Å². The van der Waals surface area contributed by atoms with Gasteiger partial charge in [0.25, 0.3) is 15.9 Å². The highest BCUT2D eigenvalue weighted by Gasteiger charge is 2.17. The highest BCUT2D eigenvalue weighted by molar-refractivity contribution is 7.92. The Morgan fingerprint density at radius 2 is 1.74 bits per heavy atom. The van der Waals surface area contributed by atoms with Crippen molar-refractivity contribution in [1.82, 2.24) is 5.32 Å². The fourth-order valence-electron chi connectivity index (χ4n) is 3.39. The molecular weight excluding hydrogens is 360 g/mol. The van der Waals surface area contributed by atoms with E-state index in [1.165, 1.54) is 19.3 Å². The molecule has 1 fully saturated rings. The summed E-state index contributed by atoms with van der Waals surface area (Å²) in [5.41, 5.74) is 1.82. The second-order valence-corrected chi connectivity index (χ2v) is 8.90. The zero-order valence-electron chi connectivity index (χ0n) is 15.6. The molecule has 6 heteroatoms. The number of amides is 1. The number of hydrogen-bond acceptors (Lipinski definition) is 3. The largest absolute Gasteiger partial charge is 0.352 e. The number of aryl methyl sites for hydroxylation is 1. The maximum atomic E-state index is 12.5. The Morgan fingerprint density at radius 3 is 2.44 bits per heavy atom. The van der Waals surface area contributed by atoms with Crippen molar-refractivity contribution in [3.8, 4) is 0 Å². The van der Waals surface area contributed by atoms with E-state index in [0.717, 1.165) is 18.4 Å². The summed E-state index contributed by atoms with van der Waals surface area (Å²) in [6, 6.07) is 13.2. The zero-order valence-corrected chi connectivity index (χ0v) is 16.4. The van der Waals surface area contributed by atoms with Crippen molar-refractivity contribution < 1.29 is 13.2 Å². The van der Waals surface area contributed by atoms with Crippen LogP contribution < -0.4 is 10.0 Å². The first-order valence-electron chi connectivity index (χ1n) is 9.42. The number of anilines is 1. The van der Waals surface area contributed by atoms with Gasteiger partial charge in [0.1, 0.15) is 0 Å². The molecule has 1 aliphatic carbocycles. The van der Waals surface area contributed by atoms with Crippen LogP contribution in [-0.4, -0.2) is 20.9 Å². The molecule has 1 saturated carbocycles. The lowest BCUT2D eigenvalue weighted by Gasteiger charge is -2.21. The second kappa shape index (κ2) is 8.57. The van der Waals surface area contributed by atoms with Crippen molar-refractivity contribution in [2.75, 3.05) is 11.3 Å². The monoisotopic (exact) mass is 386 g/mol. The van der Waals surface area contributed by atoms with Crippen LogP contribution in [0.5, 0.6) is 0 Å². The van der Waals surface area contributed by atoms with E-state index < -0.39 is 10.0 Å². The van der Waals surface area contributed by atoms with Crippen LogP contribution in [-0.2, 0) is 10.0 Å². The molecule has 0 heterocycles. The van der Waals surface area contributed by atoms with E-state index in [0.29, 0.717) is 23.7 Å². The Hall–Kier alpha value is -2.34. The Kier molecular flexibility index (Phi) is 6.16. The topological polar surface area (TPSA) is 75.3 Å². The first-order chi connectivity index (χ1) is 12.9. The van der Waals surface area contributed by atoms with Gasteiger partial charge in [-0.3, -0.25) is 9.52 Å². The van der Waals surface area contributed by atoms with E-state index in [9.17, 15) is 13.2 Å². The first-order valence-corrected chi connectivity index (χ1v) is 10.9. The van der Waals surface area contributed by atoms with Crippen molar-refractivity contribution in [1.29, 1.82) is 0 Å². The number of carbonyl (C=O) groups excluding carboxylic acids is 1. The molecule has 0 saturated heterocycles. The molecule has 0 spiro atoms. The third-order valence-corrected chi connectivity index (χ3v) is 6.38. The minimum absolute atomic E-state index is 0.169. The zero-order chi connectivity index (χ0) is 19.3. The van der Waals surface area contributed by atoms with Crippen LogP contribution in [0, 0.1) is 12.8 Å². The summed E-state index contributed by atoms with van der Waals surface area (Å²) >= 11 is 0. The Bertz CT molecular complexity index is 886. The molecule has 2 aromatic carbocycles. The van der Waals surface area contributed by atoms with Gasteiger partial charge >= 0.3 is 0 Å². The predicted molar refractivity (Wildman–Crippen MR) is 107 cm³/mol. The van der Waals surface area contributed by atoms with Gasteiger partial charge in [-0.2, -0.15) is 0 Å². The molecular formula is C21H26N2O3S. The van der Waals surface area contributed by atoms with Gasteiger partial charge in [-0.15, -0.1) is 0 Å². The number of benzene rings is 2. The number of rotatable bonds is 6. The lowest BCUT2D eigenvalue weighted by Crippen LogP contribution is -2.30. The molecule has 0 bridgehead atoms. The van der Waals surface area contributed by atoms with Crippen LogP contribution >= 0.6 is 0 Å². The SMILES string of the molecule is Cc1ccc(S(=O)(=O)Nc2cccc(C(=O)NCC3CCCCC3)c2)cc1. The van der Waals surface area contributed by atoms with Crippen LogP contribution in [0.3, 0.4) is 0 Å². The van der Waals surface area contributed by atoms with Gasteiger partial charge in [0.15, 0.2) is 0 Å². The van der Waals surface area contributed by atoms with Crippen LogP contribution in [0.25, 0.3) is 0 Å². The quantitative estimate of drug-likeness (QED) is 0.785. The smallest absolute Gasteiger partial charge is 0.261 e. The fourth-order valence-corrected chi connectivity index (χ4v) is 4.44. The minimum Gasteiger partial charge on any atom is -0.352 e. The van der Waals surface area contributed by atoms with Gasteiger partial charge in [-0.05, 0) is 56.0 Å². The van der Waals surface area contributed by atoms with Gasteiger partial charge in [-0.25, -0.2) is 8.42 Å². The van der Waals surface area contributed by atoms with Gasteiger partial charge < -0.3 is 5.32 Å². The number of hydrogen-bond donors (Lipinski definition) is 2. The third kappa shape index (κ3) is 5.32. The van der Waals surface area contributed by atoms with E-state index in [-0.39, 0.29) is 10.8 Å². The Labute approximate surface area is 161 Å². The summed E-state index contributed by atoms with van der Waals surface area (Å²) in [5, 5.41) is 2.98. The van der Waals surface area contributed by atoms with Gasteiger partial charge in [0.2, 0.25) is 0 Å². The summed E-state index contributed by atoms with van der Waals surface area (Å²) in [7, 11) is -3.68. The van der Waals surface area contributed by atoms with Crippen molar-refractivity contribution >= 4 is 21.6 Å². The van der Waals surface area contributed by atoms with E-state index in [1.54, 1.807) is 48.5 Å². The molecule has 3 rings (SSSR count). The average molecular weight is 387 g/mol. The number of sulfonamides is 1. The lowest BCUT2D eigenvalue weighted by molar-refractivity contribution is 0.0943. The Morgan fingerprint density at radius 1 is 1.04 bits per heavy atom. The molecule has 2 N–H and O–H groups in total. The molecule has 0 unspecified atom stereocenters. The van der Waals surface area contributed by atoms with Crippen molar-refractivity contribution in [3.05, 3.63) is 59.7 Å². The van der Waals surface area contributed by atoms with Crippen molar-refractivity contribution in [2.45, 2.75) is 43.9 Å². The molecule has 0 aromatic heterocycles. The molecule has 1 aliphatic rings. The highest BCUT2D eigenvalue weighted by atomic mass is 32.2. The summed E-state index contributed by atoms with van der Waals surface area (Å²) in [6.45, 7) is 2.58. The molecule has 0 atom stereocenters.